The van der Waals surface area contributed by atoms with Crippen molar-refractivity contribution in [1.29, 1.82) is 0 Å². The van der Waals surface area contributed by atoms with Crippen LogP contribution in [0.25, 0.3) is 0 Å². The molecule has 0 spiro atoms. The molecule has 0 unspecified atom stereocenters. The van der Waals surface area contributed by atoms with Gasteiger partial charge in [-0.2, -0.15) is 0 Å². The Morgan fingerprint density at radius 2 is 2.00 bits per heavy atom. The second-order valence-corrected chi connectivity index (χ2v) is 6.55. The van der Waals surface area contributed by atoms with Crippen molar-refractivity contribution >= 4 is 5.91 Å². The number of amides is 1. The molecule has 3 aliphatic rings. The molecule has 1 aliphatic carbocycles. The zero-order valence-corrected chi connectivity index (χ0v) is 12.3. The van der Waals surface area contributed by atoms with Crippen LogP contribution in [-0.4, -0.2) is 41.8 Å². The summed E-state index contributed by atoms with van der Waals surface area (Å²) in [5.41, 5.74) is 0.496. The quantitative estimate of drug-likeness (QED) is 0.858. The molecule has 1 saturated carbocycles. The summed E-state index contributed by atoms with van der Waals surface area (Å²) in [4.78, 5) is 14.8. The largest absolute Gasteiger partial charge is 0.381 e. The van der Waals surface area contributed by atoms with Gasteiger partial charge in [0.25, 0.3) is 5.91 Å². The Labute approximate surface area is 124 Å². The molecule has 1 aromatic heterocycles. The number of hydrogen-bond acceptors (Lipinski definition) is 4. The average molecular weight is 290 g/mol. The Kier molecular flexibility index (Phi) is 3.45. The molecule has 0 aromatic carbocycles. The predicted molar refractivity (Wildman–Crippen MR) is 76.1 cm³/mol. The van der Waals surface area contributed by atoms with Gasteiger partial charge < -0.3 is 14.2 Å². The minimum Gasteiger partial charge on any atom is -0.381 e. The van der Waals surface area contributed by atoms with Crippen LogP contribution in [0.4, 0.5) is 0 Å². The van der Waals surface area contributed by atoms with E-state index in [1.54, 1.807) is 0 Å². The molecule has 5 heteroatoms. The summed E-state index contributed by atoms with van der Waals surface area (Å²) in [7, 11) is 0. The maximum Gasteiger partial charge on any atom is 0.276 e. The normalized spacial score (nSPS) is 27.2. The molecule has 1 atom stereocenters. The fourth-order valence-electron chi connectivity index (χ4n) is 3.73. The lowest BCUT2D eigenvalue weighted by molar-refractivity contribution is 0.0319. The van der Waals surface area contributed by atoms with E-state index in [0.717, 1.165) is 64.0 Å². The monoisotopic (exact) mass is 290 g/mol. The topological polar surface area (TPSA) is 55.6 Å². The van der Waals surface area contributed by atoms with Gasteiger partial charge in [0.1, 0.15) is 5.76 Å². The Morgan fingerprint density at radius 1 is 1.19 bits per heavy atom. The number of rotatable bonds is 3. The van der Waals surface area contributed by atoms with E-state index >= 15 is 0 Å². The molecule has 0 bridgehead atoms. The van der Waals surface area contributed by atoms with Crippen LogP contribution < -0.4 is 0 Å². The van der Waals surface area contributed by atoms with E-state index in [0.29, 0.717) is 23.6 Å². The first-order valence-corrected chi connectivity index (χ1v) is 8.18. The zero-order valence-electron chi connectivity index (χ0n) is 12.3. The van der Waals surface area contributed by atoms with E-state index in [9.17, 15) is 4.79 Å². The zero-order chi connectivity index (χ0) is 14.2. The van der Waals surface area contributed by atoms with Gasteiger partial charge in [-0.1, -0.05) is 5.16 Å². The lowest BCUT2D eigenvalue weighted by Crippen LogP contribution is -2.42. The first-order valence-electron chi connectivity index (χ1n) is 8.18. The van der Waals surface area contributed by atoms with Gasteiger partial charge in [0.05, 0.1) is 0 Å². The van der Waals surface area contributed by atoms with Crippen molar-refractivity contribution in [2.75, 3.05) is 19.8 Å². The molecule has 5 nitrogen and oxygen atoms in total. The van der Waals surface area contributed by atoms with Gasteiger partial charge in [0, 0.05) is 37.8 Å². The fourth-order valence-corrected chi connectivity index (χ4v) is 3.73. The highest BCUT2D eigenvalue weighted by molar-refractivity contribution is 5.92. The van der Waals surface area contributed by atoms with Crippen LogP contribution in [0.15, 0.2) is 10.6 Å². The maximum absolute atomic E-state index is 12.7. The van der Waals surface area contributed by atoms with Crippen molar-refractivity contribution in [1.82, 2.24) is 10.1 Å². The van der Waals surface area contributed by atoms with Gasteiger partial charge in [0.15, 0.2) is 5.69 Å². The predicted octanol–water partition coefficient (Wildman–Crippen LogP) is 2.58. The first-order chi connectivity index (χ1) is 10.3. The fraction of sp³-hybridized carbons (Fsp3) is 0.750. The third-order valence-corrected chi connectivity index (χ3v) is 5.10. The average Bonchev–Trinajstić information content (AvgIpc) is 3.07. The number of ether oxygens (including phenoxy) is 1. The highest BCUT2D eigenvalue weighted by Gasteiger charge is 2.37. The van der Waals surface area contributed by atoms with E-state index < -0.39 is 0 Å². The lowest BCUT2D eigenvalue weighted by atomic mass is 9.90. The number of nitrogens with zero attached hydrogens (tertiary/aromatic N) is 2. The molecule has 0 N–H and O–H groups in total. The van der Waals surface area contributed by atoms with Crippen LogP contribution in [0, 0.1) is 5.92 Å². The summed E-state index contributed by atoms with van der Waals surface area (Å²) in [6, 6.07) is 2.22. The Hall–Kier alpha value is -1.36. The lowest BCUT2D eigenvalue weighted by Gasteiger charge is -2.33. The van der Waals surface area contributed by atoms with Crippen molar-refractivity contribution in [3.63, 3.8) is 0 Å². The smallest absolute Gasteiger partial charge is 0.276 e. The summed E-state index contributed by atoms with van der Waals surface area (Å²) >= 11 is 0. The molecular weight excluding hydrogens is 268 g/mol. The number of carbonyl (C=O) groups is 1. The van der Waals surface area contributed by atoms with Crippen molar-refractivity contribution < 1.29 is 14.1 Å². The van der Waals surface area contributed by atoms with E-state index in [2.05, 4.69) is 5.16 Å². The summed E-state index contributed by atoms with van der Waals surface area (Å²) in [6.45, 7) is 2.52. The van der Waals surface area contributed by atoms with Crippen molar-refractivity contribution in [3.05, 3.63) is 17.5 Å². The van der Waals surface area contributed by atoms with Crippen LogP contribution in [0.1, 0.15) is 60.7 Å². The van der Waals surface area contributed by atoms with Crippen LogP contribution in [-0.2, 0) is 4.74 Å². The minimum absolute atomic E-state index is 0.0552. The van der Waals surface area contributed by atoms with Crippen molar-refractivity contribution in [3.8, 4) is 0 Å². The molecule has 1 amide bonds. The highest BCUT2D eigenvalue weighted by atomic mass is 16.5. The van der Waals surface area contributed by atoms with Crippen LogP contribution in [0.3, 0.4) is 0 Å². The standard InChI is InChI=1S/C16H22N2O3/c19-16(13-10-15(21-17-13)12-3-4-12)18-7-1-2-14(18)11-5-8-20-9-6-11/h10-12,14H,1-9H2/t14-/m0/s1. The molecular formula is C16H22N2O3. The molecule has 4 rings (SSSR count). The molecule has 0 radical (unpaired) electrons. The molecule has 1 aromatic rings. The third-order valence-electron chi connectivity index (χ3n) is 5.10. The van der Waals surface area contributed by atoms with Crippen LogP contribution >= 0.6 is 0 Å². The van der Waals surface area contributed by atoms with Crippen molar-refractivity contribution in [2.45, 2.75) is 50.5 Å². The number of carbonyl (C=O) groups excluding carboxylic acids is 1. The van der Waals surface area contributed by atoms with Crippen molar-refractivity contribution in [2.24, 2.45) is 5.92 Å². The van der Waals surface area contributed by atoms with Gasteiger partial charge in [-0.05, 0) is 44.4 Å². The highest BCUT2D eigenvalue weighted by Crippen LogP contribution is 2.40. The molecule has 2 aliphatic heterocycles. The number of likely N-dealkylation sites (tertiary alicyclic amines) is 1. The Morgan fingerprint density at radius 3 is 2.76 bits per heavy atom. The maximum atomic E-state index is 12.7. The van der Waals surface area contributed by atoms with E-state index in [1.165, 1.54) is 0 Å². The van der Waals surface area contributed by atoms with Crippen LogP contribution in [0.2, 0.25) is 0 Å². The SMILES string of the molecule is O=C(c1cc(C2CC2)on1)N1CCC[C@H]1C1CCOCC1. The second-order valence-electron chi connectivity index (χ2n) is 6.55. The minimum atomic E-state index is 0.0552. The number of aromatic nitrogens is 1. The molecule has 3 fully saturated rings. The Balaban J connectivity index is 1.48. The van der Waals surface area contributed by atoms with E-state index in [1.807, 2.05) is 11.0 Å². The van der Waals surface area contributed by atoms with Gasteiger partial charge >= 0.3 is 0 Å². The molecule has 114 valence electrons. The summed E-state index contributed by atoms with van der Waals surface area (Å²) in [5.74, 6) is 2.03. The Bertz CT molecular complexity index is 517. The first kappa shape index (κ1) is 13.3. The third kappa shape index (κ3) is 2.59. The molecule has 3 heterocycles. The summed E-state index contributed by atoms with van der Waals surface area (Å²) in [6.07, 6.45) is 6.68. The van der Waals surface area contributed by atoms with Gasteiger partial charge in [0.2, 0.25) is 0 Å². The van der Waals surface area contributed by atoms with Gasteiger partial charge in [-0.25, -0.2) is 0 Å². The molecule has 21 heavy (non-hydrogen) atoms. The van der Waals surface area contributed by atoms with E-state index in [-0.39, 0.29) is 5.91 Å². The van der Waals surface area contributed by atoms with Gasteiger partial charge in [-0.3, -0.25) is 4.79 Å². The summed E-state index contributed by atoms with van der Waals surface area (Å²) < 4.78 is 10.8. The van der Waals surface area contributed by atoms with Crippen LogP contribution in [0.5, 0.6) is 0 Å². The second kappa shape index (κ2) is 5.44. The number of hydrogen-bond donors (Lipinski definition) is 0. The van der Waals surface area contributed by atoms with Gasteiger partial charge in [-0.15, -0.1) is 0 Å². The van der Waals surface area contributed by atoms with E-state index in [4.69, 9.17) is 9.26 Å². The molecule has 2 saturated heterocycles. The summed E-state index contributed by atoms with van der Waals surface area (Å²) in [5, 5.41) is 4.01.